The first kappa shape index (κ1) is 18.8. The maximum Gasteiger partial charge on any atom is 0.416 e. The lowest BCUT2D eigenvalue weighted by atomic mass is 9.94. The van der Waals surface area contributed by atoms with E-state index in [9.17, 15) is 18.0 Å². The van der Waals surface area contributed by atoms with E-state index < -0.39 is 17.7 Å². The molecule has 0 radical (unpaired) electrons. The molecule has 0 aromatic heterocycles. The lowest BCUT2D eigenvalue weighted by Gasteiger charge is -2.35. The average molecular weight is 338 g/mol. The van der Waals surface area contributed by atoms with Gasteiger partial charge in [-0.1, -0.05) is 12.1 Å². The van der Waals surface area contributed by atoms with E-state index in [-0.39, 0.29) is 24.4 Å². The fourth-order valence-corrected chi connectivity index (χ4v) is 2.70. The number of piperidine rings is 1. The van der Waals surface area contributed by atoms with Crippen LogP contribution in [0.4, 0.5) is 13.2 Å². The van der Waals surface area contributed by atoms with Crippen molar-refractivity contribution in [2.75, 3.05) is 13.1 Å². The van der Waals surface area contributed by atoms with Gasteiger partial charge in [-0.25, -0.2) is 0 Å². The quantitative estimate of drug-likeness (QED) is 0.906. The Morgan fingerprint density at radius 3 is 2.14 bits per heavy atom. The Balaban J connectivity index is 0.00000242. The van der Waals surface area contributed by atoms with E-state index in [2.05, 4.69) is 4.90 Å². The van der Waals surface area contributed by atoms with E-state index >= 15 is 0 Å². The molecule has 0 bridgehead atoms. The first-order valence-electron chi connectivity index (χ1n) is 6.93. The lowest BCUT2D eigenvalue weighted by Crippen LogP contribution is -2.37. The molecule has 1 atom stereocenters. The van der Waals surface area contributed by atoms with Crippen molar-refractivity contribution in [2.24, 2.45) is 5.92 Å². The van der Waals surface area contributed by atoms with Gasteiger partial charge in [-0.05, 0) is 50.6 Å². The highest BCUT2D eigenvalue weighted by Gasteiger charge is 2.31. The highest BCUT2D eigenvalue weighted by molar-refractivity contribution is 5.85. The predicted octanol–water partition coefficient (Wildman–Crippen LogP) is 3.98. The maximum absolute atomic E-state index is 12.5. The Morgan fingerprint density at radius 2 is 1.73 bits per heavy atom. The summed E-state index contributed by atoms with van der Waals surface area (Å²) in [4.78, 5) is 13.0. The summed E-state index contributed by atoms with van der Waals surface area (Å²) >= 11 is 0. The first-order valence-corrected chi connectivity index (χ1v) is 6.93. The van der Waals surface area contributed by atoms with Crippen molar-refractivity contribution in [2.45, 2.75) is 32.0 Å². The molecule has 0 amide bonds. The van der Waals surface area contributed by atoms with E-state index in [0.29, 0.717) is 25.9 Å². The maximum atomic E-state index is 12.5. The van der Waals surface area contributed by atoms with Gasteiger partial charge in [0.15, 0.2) is 0 Å². The Labute approximate surface area is 133 Å². The number of halogens is 4. The zero-order chi connectivity index (χ0) is 15.6. The third-order valence-electron chi connectivity index (χ3n) is 4.15. The molecule has 22 heavy (non-hydrogen) atoms. The van der Waals surface area contributed by atoms with Crippen LogP contribution in [0.3, 0.4) is 0 Å². The normalized spacial score (nSPS) is 18.5. The molecule has 0 spiro atoms. The highest BCUT2D eigenvalue weighted by Crippen LogP contribution is 2.31. The van der Waals surface area contributed by atoms with Crippen LogP contribution < -0.4 is 0 Å². The third kappa shape index (κ3) is 4.36. The molecule has 7 heteroatoms. The van der Waals surface area contributed by atoms with Crippen molar-refractivity contribution in [3.63, 3.8) is 0 Å². The average Bonchev–Trinajstić information content (AvgIpc) is 2.46. The molecule has 1 unspecified atom stereocenters. The Morgan fingerprint density at radius 1 is 1.23 bits per heavy atom. The van der Waals surface area contributed by atoms with E-state index in [0.717, 1.165) is 17.7 Å². The minimum Gasteiger partial charge on any atom is -0.481 e. The molecule has 1 aliphatic rings. The molecular formula is C15H19ClF3NO2. The third-order valence-corrected chi connectivity index (χ3v) is 4.15. The van der Waals surface area contributed by atoms with Gasteiger partial charge in [0.25, 0.3) is 0 Å². The summed E-state index contributed by atoms with van der Waals surface area (Å²) in [7, 11) is 0. The number of hydrogen-bond acceptors (Lipinski definition) is 2. The van der Waals surface area contributed by atoms with Crippen molar-refractivity contribution in [1.29, 1.82) is 0 Å². The van der Waals surface area contributed by atoms with Crippen LogP contribution in [0.25, 0.3) is 0 Å². The van der Waals surface area contributed by atoms with Gasteiger partial charge in [-0.3, -0.25) is 9.69 Å². The van der Waals surface area contributed by atoms with Gasteiger partial charge in [0.1, 0.15) is 0 Å². The van der Waals surface area contributed by atoms with E-state index in [1.54, 1.807) is 0 Å². The molecule has 124 valence electrons. The van der Waals surface area contributed by atoms with Gasteiger partial charge < -0.3 is 5.11 Å². The summed E-state index contributed by atoms with van der Waals surface area (Å²) in [5, 5.41) is 8.96. The number of benzene rings is 1. The summed E-state index contributed by atoms with van der Waals surface area (Å²) in [6.07, 6.45) is -3.15. The van der Waals surface area contributed by atoms with Crippen LogP contribution in [0.1, 0.15) is 36.9 Å². The largest absolute Gasteiger partial charge is 0.481 e. The molecule has 1 heterocycles. The number of hydrogen-bond donors (Lipinski definition) is 1. The van der Waals surface area contributed by atoms with Gasteiger partial charge in [0.2, 0.25) is 0 Å². The van der Waals surface area contributed by atoms with Crippen LogP contribution >= 0.6 is 12.4 Å². The van der Waals surface area contributed by atoms with Gasteiger partial charge in [-0.15, -0.1) is 12.4 Å². The molecule has 1 aromatic carbocycles. The summed E-state index contributed by atoms with van der Waals surface area (Å²) < 4.78 is 37.6. The molecule has 1 saturated heterocycles. The van der Waals surface area contributed by atoms with E-state index in [4.69, 9.17) is 5.11 Å². The van der Waals surface area contributed by atoms with E-state index in [1.807, 2.05) is 6.92 Å². The standard InChI is InChI=1S/C15H18F3NO2.ClH/c1-10(19-8-6-12(7-9-19)14(20)21)11-2-4-13(5-3-11)15(16,17)18;/h2-5,10,12H,6-9H2,1H3,(H,20,21);1H. The van der Waals surface area contributed by atoms with Gasteiger partial charge in [0, 0.05) is 6.04 Å². The summed E-state index contributed by atoms with van der Waals surface area (Å²) in [6, 6.07) is 5.17. The lowest BCUT2D eigenvalue weighted by molar-refractivity contribution is -0.143. The van der Waals surface area contributed by atoms with Gasteiger partial charge in [0.05, 0.1) is 11.5 Å². The second-order valence-corrected chi connectivity index (χ2v) is 5.44. The summed E-state index contributed by atoms with van der Waals surface area (Å²) in [5.41, 5.74) is 0.166. The van der Waals surface area contributed by atoms with Crippen LogP contribution in [0.2, 0.25) is 0 Å². The zero-order valence-electron chi connectivity index (χ0n) is 12.1. The number of carbonyl (C=O) groups is 1. The van der Waals surface area contributed by atoms with E-state index in [1.165, 1.54) is 12.1 Å². The molecule has 0 saturated carbocycles. The topological polar surface area (TPSA) is 40.5 Å². The molecule has 0 aliphatic carbocycles. The minimum absolute atomic E-state index is 0. The molecule has 3 nitrogen and oxygen atoms in total. The van der Waals surface area contributed by atoms with Crippen molar-refractivity contribution in [3.8, 4) is 0 Å². The van der Waals surface area contributed by atoms with Crippen molar-refractivity contribution < 1.29 is 23.1 Å². The van der Waals surface area contributed by atoms with Gasteiger partial charge >= 0.3 is 12.1 Å². The number of carboxylic acids is 1. The number of nitrogens with zero attached hydrogens (tertiary/aromatic N) is 1. The molecule has 1 fully saturated rings. The van der Waals surface area contributed by atoms with Gasteiger partial charge in [-0.2, -0.15) is 13.2 Å². The number of carboxylic acid groups (broad SMARTS) is 1. The Kier molecular flexibility index (Phi) is 6.26. The number of alkyl halides is 3. The number of likely N-dealkylation sites (tertiary alicyclic amines) is 1. The number of rotatable bonds is 3. The zero-order valence-corrected chi connectivity index (χ0v) is 13.0. The van der Waals surface area contributed by atoms with Crippen molar-refractivity contribution >= 4 is 18.4 Å². The predicted molar refractivity (Wildman–Crippen MR) is 79.0 cm³/mol. The van der Waals surface area contributed by atoms with Crippen LogP contribution in [-0.2, 0) is 11.0 Å². The molecule has 1 N–H and O–H groups in total. The second kappa shape index (κ2) is 7.33. The highest BCUT2D eigenvalue weighted by atomic mass is 35.5. The fraction of sp³-hybridized carbons (Fsp3) is 0.533. The monoisotopic (exact) mass is 337 g/mol. The Bertz CT molecular complexity index is 497. The van der Waals surface area contributed by atoms with Crippen molar-refractivity contribution in [3.05, 3.63) is 35.4 Å². The first-order chi connectivity index (χ1) is 9.79. The van der Waals surface area contributed by atoms with Crippen LogP contribution in [0.5, 0.6) is 0 Å². The van der Waals surface area contributed by atoms with Crippen LogP contribution in [0, 0.1) is 5.92 Å². The second-order valence-electron chi connectivity index (χ2n) is 5.44. The molecule has 1 aromatic rings. The molecular weight excluding hydrogens is 319 g/mol. The minimum atomic E-state index is -4.32. The molecule has 1 aliphatic heterocycles. The van der Waals surface area contributed by atoms with Crippen LogP contribution in [0.15, 0.2) is 24.3 Å². The molecule has 2 rings (SSSR count). The summed E-state index contributed by atoms with van der Waals surface area (Å²) in [6.45, 7) is 3.24. The number of aliphatic carboxylic acids is 1. The SMILES string of the molecule is CC(c1ccc(C(F)(F)F)cc1)N1CCC(C(=O)O)CC1.Cl. The Hall–Kier alpha value is -1.27. The van der Waals surface area contributed by atoms with Crippen molar-refractivity contribution in [1.82, 2.24) is 4.90 Å². The fourth-order valence-electron chi connectivity index (χ4n) is 2.70. The smallest absolute Gasteiger partial charge is 0.416 e. The summed E-state index contributed by atoms with van der Waals surface area (Å²) in [5.74, 6) is -1.07. The van der Waals surface area contributed by atoms with Crippen LogP contribution in [-0.4, -0.2) is 29.1 Å².